The molecule has 8 heteroatoms. The number of benzene rings is 2. The van der Waals surface area contributed by atoms with Gasteiger partial charge in [-0.1, -0.05) is 18.2 Å². The molecule has 0 aliphatic carbocycles. The van der Waals surface area contributed by atoms with Crippen LogP contribution in [0.15, 0.2) is 47.6 Å². The molecule has 2 aliphatic heterocycles. The minimum Gasteiger partial charge on any atom is -0.368 e. The van der Waals surface area contributed by atoms with Crippen LogP contribution in [0, 0.1) is 11.6 Å². The van der Waals surface area contributed by atoms with E-state index in [-0.39, 0.29) is 17.8 Å². The summed E-state index contributed by atoms with van der Waals surface area (Å²) in [6, 6.07) is 10.1. The lowest BCUT2D eigenvalue weighted by atomic mass is 9.99. The van der Waals surface area contributed by atoms with Gasteiger partial charge in [-0.15, -0.1) is 0 Å². The second-order valence-corrected chi connectivity index (χ2v) is 6.80. The molecule has 2 aliphatic rings. The molecular formula is C20H18F2N4O2. The zero-order chi connectivity index (χ0) is 19.8. The lowest BCUT2D eigenvalue weighted by Crippen LogP contribution is -2.42. The number of hydrogen-bond donors (Lipinski definition) is 1. The average molecular weight is 384 g/mol. The number of carbonyl (C=O) groups is 2. The highest BCUT2D eigenvalue weighted by Gasteiger charge is 2.38. The van der Waals surface area contributed by atoms with Crippen LogP contribution in [-0.4, -0.2) is 30.1 Å². The topological polar surface area (TPSA) is 79.0 Å². The van der Waals surface area contributed by atoms with Crippen molar-refractivity contribution in [3.8, 4) is 0 Å². The second-order valence-electron chi connectivity index (χ2n) is 6.80. The van der Waals surface area contributed by atoms with Gasteiger partial charge in [0.15, 0.2) is 0 Å². The fourth-order valence-corrected chi connectivity index (χ4v) is 3.69. The molecule has 28 heavy (non-hydrogen) atoms. The summed E-state index contributed by atoms with van der Waals surface area (Å²) >= 11 is 0. The van der Waals surface area contributed by atoms with E-state index in [1.807, 2.05) is 6.07 Å². The average Bonchev–Trinajstić information content (AvgIpc) is 3.13. The largest absolute Gasteiger partial charge is 0.368 e. The molecule has 2 aromatic rings. The highest BCUT2D eigenvalue weighted by atomic mass is 19.1. The monoisotopic (exact) mass is 384 g/mol. The van der Waals surface area contributed by atoms with Gasteiger partial charge >= 0.3 is 0 Å². The van der Waals surface area contributed by atoms with Gasteiger partial charge in [-0.2, -0.15) is 5.10 Å². The molecule has 6 nitrogen and oxygen atoms in total. The van der Waals surface area contributed by atoms with Crippen molar-refractivity contribution in [3.63, 3.8) is 0 Å². The molecule has 2 N–H and O–H groups in total. The van der Waals surface area contributed by atoms with Gasteiger partial charge in [0.25, 0.3) is 5.91 Å². The number of hydrogen-bond acceptors (Lipinski definition) is 4. The van der Waals surface area contributed by atoms with E-state index < -0.39 is 29.5 Å². The number of anilines is 2. The fraction of sp³-hybridized carbons (Fsp3) is 0.250. The molecule has 4 rings (SSSR count). The predicted molar refractivity (Wildman–Crippen MR) is 101 cm³/mol. The molecule has 1 unspecified atom stereocenters. The fourth-order valence-electron chi connectivity index (χ4n) is 3.69. The third kappa shape index (κ3) is 3.11. The van der Waals surface area contributed by atoms with Crippen molar-refractivity contribution in [3.05, 3.63) is 59.7 Å². The highest BCUT2D eigenvalue weighted by molar-refractivity contribution is 6.45. The summed E-state index contributed by atoms with van der Waals surface area (Å²) in [6.07, 6.45) is 1.09. The minimum absolute atomic E-state index is 0.0255. The molecule has 0 bridgehead atoms. The minimum atomic E-state index is -0.802. The molecule has 0 fully saturated rings. The predicted octanol–water partition coefficient (Wildman–Crippen LogP) is 2.36. The summed E-state index contributed by atoms with van der Waals surface area (Å²) in [7, 11) is 0. The standard InChI is InChI=1S/C20H18F2N4O2/c21-13-9-12-5-4-8-25(18(12)15(22)10-13)20(28)16-11-17(19(23)27)26(24-16)14-6-2-1-3-7-14/h1-3,6-7,9-10,17H,4-5,8,11H2,(H2,23,27). The normalized spacial score (nSPS) is 18.6. The SMILES string of the molecule is NC(=O)C1CC(C(=O)N2CCCc3cc(F)cc(F)c32)=NN1c1ccccc1. The van der Waals surface area contributed by atoms with Gasteiger partial charge in [-0.05, 0) is 36.6 Å². The summed E-state index contributed by atoms with van der Waals surface area (Å²) < 4.78 is 28.0. The van der Waals surface area contributed by atoms with Crippen LogP contribution in [0.25, 0.3) is 0 Å². The Bertz CT molecular complexity index is 978. The molecule has 1 atom stereocenters. The number of amides is 2. The van der Waals surface area contributed by atoms with Crippen molar-refractivity contribution in [1.82, 2.24) is 0 Å². The van der Waals surface area contributed by atoms with Crippen molar-refractivity contribution in [2.75, 3.05) is 16.5 Å². The van der Waals surface area contributed by atoms with Crippen LogP contribution in [0.4, 0.5) is 20.2 Å². The van der Waals surface area contributed by atoms with Crippen molar-refractivity contribution >= 4 is 28.9 Å². The Morgan fingerprint density at radius 2 is 1.89 bits per heavy atom. The quantitative estimate of drug-likeness (QED) is 0.882. The third-order valence-electron chi connectivity index (χ3n) is 4.96. The maximum absolute atomic E-state index is 14.4. The lowest BCUT2D eigenvalue weighted by molar-refractivity contribution is -0.119. The van der Waals surface area contributed by atoms with Gasteiger partial charge in [0.2, 0.25) is 5.91 Å². The summed E-state index contributed by atoms with van der Waals surface area (Å²) in [4.78, 5) is 26.3. The number of rotatable bonds is 3. The van der Waals surface area contributed by atoms with E-state index in [2.05, 4.69) is 5.10 Å². The maximum Gasteiger partial charge on any atom is 0.274 e. The first-order chi connectivity index (χ1) is 13.5. The van der Waals surface area contributed by atoms with Gasteiger partial charge in [-0.25, -0.2) is 8.78 Å². The Hall–Kier alpha value is -3.29. The van der Waals surface area contributed by atoms with Gasteiger partial charge < -0.3 is 10.6 Å². The zero-order valence-corrected chi connectivity index (χ0v) is 14.9. The van der Waals surface area contributed by atoms with Gasteiger partial charge in [0.1, 0.15) is 23.4 Å². The molecule has 144 valence electrons. The molecule has 2 aromatic carbocycles. The second kappa shape index (κ2) is 7.03. The zero-order valence-electron chi connectivity index (χ0n) is 14.9. The van der Waals surface area contributed by atoms with Crippen molar-refractivity contribution in [2.24, 2.45) is 10.8 Å². The highest BCUT2D eigenvalue weighted by Crippen LogP contribution is 2.32. The Kier molecular flexibility index (Phi) is 4.54. The first-order valence-electron chi connectivity index (χ1n) is 8.96. The number of aryl methyl sites for hydroxylation is 1. The summed E-state index contributed by atoms with van der Waals surface area (Å²) in [5.74, 6) is -2.57. The van der Waals surface area contributed by atoms with E-state index >= 15 is 0 Å². The lowest BCUT2D eigenvalue weighted by Gasteiger charge is -2.29. The Labute approximate surface area is 160 Å². The third-order valence-corrected chi connectivity index (χ3v) is 4.96. The van der Waals surface area contributed by atoms with E-state index in [0.29, 0.717) is 30.6 Å². The van der Waals surface area contributed by atoms with E-state index in [4.69, 9.17) is 5.73 Å². The number of nitrogens with zero attached hydrogens (tertiary/aromatic N) is 3. The van der Waals surface area contributed by atoms with Crippen LogP contribution >= 0.6 is 0 Å². The van der Waals surface area contributed by atoms with Crippen LogP contribution in [-0.2, 0) is 16.0 Å². The number of primary amides is 1. The molecule has 0 radical (unpaired) electrons. The maximum atomic E-state index is 14.4. The number of fused-ring (bicyclic) bond motifs is 1. The molecule has 0 aromatic heterocycles. The smallest absolute Gasteiger partial charge is 0.274 e. The van der Waals surface area contributed by atoms with Crippen molar-refractivity contribution in [1.29, 1.82) is 0 Å². The molecule has 0 saturated heterocycles. The van der Waals surface area contributed by atoms with E-state index in [1.165, 1.54) is 16.0 Å². The van der Waals surface area contributed by atoms with Crippen LogP contribution in [0.5, 0.6) is 0 Å². The van der Waals surface area contributed by atoms with Gasteiger partial charge in [0.05, 0.1) is 11.4 Å². The molecule has 2 heterocycles. The number of para-hydroxylation sites is 1. The first-order valence-corrected chi connectivity index (χ1v) is 8.96. The van der Waals surface area contributed by atoms with Crippen molar-refractivity contribution in [2.45, 2.75) is 25.3 Å². The summed E-state index contributed by atoms with van der Waals surface area (Å²) in [5.41, 5.74) is 6.77. The Balaban J connectivity index is 1.69. The first kappa shape index (κ1) is 18.1. The Morgan fingerprint density at radius 3 is 2.61 bits per heavy atom. The molecule has 2 amide bonds. The number of hydrazone groups is 1. The van der Waals surface area contributed by atoms with Crippen LogP contribution in [0.3, 0.4) is 0 Å². The molecule has 0 spiro atoms. The van der Waals surface area contributed by atoms with E-state index in [0.717, 1.165) is 6.07 Å². The summed E-state index contributed by atoms with van der Waals surface area (Å²) in [6.45, 7) is 0.292. The Morgan fingerprint density at radius 1 is 1.14 bits per heavy atom. The van der Waals surface area contributed by atoms with E-state index in [1.54, 1.807) is 24.3 Å². The van der Waals surface area contributed by atoms with Crippen molar-refractivity contribution < 1.29 is 18.4 Å². The summed E-state index contributed by atoms with van der Waals surface area (Å²) in [5, 5.41) is 5.74. The van der Waals surface area contributed by atoms with E-state index in [9.17, 15) is 18.4 Å². The van der Waals surface area contributed by atoms with Crippen LogP contribution in [0.2, 0.25) is 0 Å². The van der Waals surface area contributed by atoms with Gasteiger partial charge in [-0.3, -0.25) is 14.6 Å². The number of nitrogens with two attached hydrogens (primary N) is 1. The molecular weight excluding hydrogens is 366 g/mol. The number of carbonyl (C=O) groups excluding carboxylic acids is 2. The van der Waals surface area contributed by atoms with Gasteiger partial charge in [0, 0.05) is 19.0 Å². The number of halogens is 2. The van der Waals surface area contributed by atoms with Crippen LogP contribution in [0.1, 0.15) is 18.4 Å². The van der Waals surface area contributed by atoms with Crippen LogP contribution < -0.4 is 15.6 Å². The molecule has 0 saturated carbocycles.